The zero-order valence-corrected chi connectivity index (χ0v) is 5.65. The largest absolute Gasteiger partial charge is 0.252 e. The zero-order chi connectivity index (χ0) is 7.72. The Morgan fingerprint density at radius 2 is 1.70 bits per heavy atom. The number of rotatable bonds is 0. The molecule has 2 nitrogen and oxygen atoms in total. The third-order valence-electron chi connectivity index (χ3n) is 1.09. The fraction of sp³-hybridized carbons (Fsp3) is 0.333. The average Bonchev–Trinajstić information content (AvgIpc) is 1.82. The molecule has 0 radical (unpaired) electrons. The highest BCUT2D eigenvalue weighted by Crippen LogP contribution is 2.05. The first-order valence-electron chi connectivity index (χ1n) is 2.77. The van der Waals surface area contributed by atoms with Crippen molar-refractivity contribution in [2.75, 3.05) is 0 Å². The maximum absolute atomic E-state index is 12.4. The van der Waals surface area contributed by atoms with Crippen molar-refractivity contribution in [3.8, 4) is 0 Å². The second-order valence-electron chi connectivity index (χ2n) is 1.96. The first-order valence-corrected chi connectivity index (χ1v) is 2.77. The van der Waals surface area contributed by atoms with E-state index in [1.165, 1.54) is 13.8 Å². The molecule has 0 saturated carbocycles. The molecule has 1 aromatic rings. The van der Waals surface area contributed by atoms with Crippen LogP contribution < -0.4 is 0 Å². The Morgan fingerprint density at radius 1 is 1.10 bits per heavy atom. The molecule has 4 heteroatoms. The van der Waals surface area contributed by atoms with Gasteiger partial charge in [0.1, 0.15) is 5.82 Å². The maximum atomic E-state index is 12.4. The fourth-order valence-corrected chi connectivity index (χ4v) is 0.657. The van der Waals surface area contributed by atoms with Gasteiger partial charge in [0.2, 0.25) is 0 Å². The van der Waals surface area contributed by atoms with E-state index in [-0.39, 0.29) is 11.5 Å². The molecule has 0 bridgehead atoms. The number of hydrogen-bond donors (Lipinski definition) is 0. The summed E-state index contributed by atoms with van der Waals surface area (Å²) in [6.07, 6.45) is 0. The van der Waals surface area contributed by atoms with E-state index >= 15 is 0 Å². The third kappa shape index (κ3) is 1.10. The van der Waals surface area contributed by atoms with E-state index in [2.05, 4.69) is 9.97 Å². The van der Waals surface area contributed by atoms with E-state index in [0.717, 1.165) is 0 Å². The van der Waals surface area contributed by atoms with Gasteiger partial charge in [-0.25, -0.2) is 9.97 Å². The summed E-state index contributed by atoms with van der Waals surface area (Å²) >= 11 is 0. The van der Waals surface area contributed by atoms with E-state index in [9.17, 15) is 8.78 Å². The molecular formula is C6H6F2N2. The Hall–Kier alpha value is -1.06. The molecule has 0 saturated heterocycles. The Kier molecular flexibility index (Phi) is 1.61. The predicted octanol–water partition coefficient (Wildman–Crippen LogP) is 1.37. The van der Waals surface area contributed by atoms with Crippen molar-refractivity contribution in [1.82, 2.24) is 9.97 Å². The van der Waals surface area contributed by atoms with Gasteiger partial charge in [-0.05, 0) is 13.8 Å². The summed E-state index contributed by atoms with van der Waals surface area (Å²) in [5.74, 6) is -1.80. The van der Waals surface area contributed by atoms with Gasteiger partial charge in [-0.15, -0.1) is 0 Å². The second kappa shape index (κ2) is 2.28. The molecule has 0 spiro atoms. The Bertz CT molecular complexity index is 237. The van der Waals surface area contributed by atoms with Gasteiger partial charge in [0, 0.05) is 0 Å². The smallest absolute Gasteiger partial charge is 0.235 e. The van der Waals surface area contributed by atoms with Crippen molar-refractivity contribution in [2.45, 2.75) is 13.8 Å². The van der Waals surface area contributed by atoms with Gasteiger partial charge >= 0.3 is 0 Å². The summed E-state index contributed by atoms with van der Waals surface area (Å²) in [6, 6.07) is 0. The Balaban J connectivity index is 3.31. The van der Waals surface area contributed by atoms with Crippen LogP contribution in [0.3, 0.4) is 0 Å². The minimum Gasteiger partial charge on any atom is -0.235 e. The molecule has 54 valence electrons. The minimum absolute atomic E-state index is 0.0463. The lowest BCUT2D eigenvalue weighted by molar-refractivity contribution is 0.463. The third-order valence-corrected chi connectivity index (χ3v) is 1.09. The number of hydrogen-bond acceptors (Lipinski definition) is 2. The first kappa shape index (κ1) is 7.05. The molecule has 1 heterocycles. The van der Waals surface area contributed by atoms with E-state index in [4.69, 9.17) is 0 Å². The van der Waals surface area contributed by atoms with E-state index in [0.29, 0.717) is 0 Å². The second-order valence-corrected chi connectivity index (χ2v) is 1.96. The highest BCUT2D eigenvalue weighted by atomic mass is 19.2. The lowest BCUT2D eigenvalue weighted by Crippen LogP contribution is -1.99. The molecule has 1 rings (SSSR count). The summed E-state index contributed by atoms with van der Waals surface area (Å²) in [4.78, 5) is 6.79. The van der Waals surface area contributed by atoms with Gasteiger partial charge in [0.25, 0.3) is 5.95 Å². The summed E-state index contributed by atoms with van der Waals surface area (Å²) < 4.78 is 24.7. The van der Waals surface area contributed by atoms with Gasteiger partial charge in [-0.1, -0.05) is 0 Å². The number of nitrogens with zero attached hydrogens (tertiary/aromatic N) is 2. The standard InChI is InChI=1S/C6H6F2N2/c1-3-5(7)6(8)10-4(2)9-3/h1-2H3. The van der Waals surface area contributed by atoms with Crippen LogP contribution in [0.15, 0.2) is 0 Å². The molecule has 0 unspecified atom stereocenters. The molecule has 1 aromatic heterocycles. The van der Waals surface area contributed by atoms with Crippen LogP contribution in [0.25, 0.3) is 0 Å². The van der Waals surface area contributed by atoms with Gasteiger partial charge < -0.3 is 0 Å². The molecular weight excluding hydrogens is 138 g/mol. The molecule has 0 aliphatic heterocycles. The molecule has 0 N–H and O–H groups in total. The molecule has 0 aliphatic rings. The molecule has 10 heavy (non-hydrogen) atoms. The summed E-state index contributed by atoms with van der Waals surface area (Å²) in [5, 5.41) is 0. The molecule has 0 fully saturated rings. The molecule has 0 atom stereocenters. The summed E-state index contributed by atoms with van der Waals surface area (Å²) in [6.45, 7) is 2.91. The van der Waals surface area contributed by atoms with E-state index < -0.39 is 11.8 Å². The van der Waals surface area contributed by atoms with Gasteiger partial charge in [-0.3, -0.25) is 0 Å². The molecule has 0 aliphatic carbocycles. The van der Waals surface area contributed by atoms with Gasteiger partial charge in [-0.2, -0.15) is 8.78 Å². The number of aromatic nitrogens is 2. The number of aryl methyl sites for hydroxylation is 2. The lowest BCUT2D eigenvalue weighted by atomic mass is 10.4. The van der Waals surface area contributed by atoms with Crippen molar-refractivity contribution in [3.05, 3.63) is 23.3 Å². The van der Waals surface area contributed by atoms with Crippen molar-refractivity contribution in [1.29, 1.82) is 0 Å². The van der Waals surface area contributed by atoms with E-state index in [1.54, 1.807) is 0 Å². The van der Waals surface area contributed by atoms with Crippen molar-refractivity contribution >= 4 is 0 Å². The fourth-order valence-electron chi connectivity index (χ4n) is 0.657. The lowest BCUT2D eigenvalue weighted by Gasteiger charge is -1.96. The highest BCUT2D eigenvalue weighted by molar-refractivity contribution is 5.03. The SMILES string of the molecule is Cc1nc(C)c(F)c(F)n1. The van der Waals surface area contributed by atoms with Crippen LogP contribution in [0.1, 0.15) is 11.5 Å². The van der Waals surface area contributed by atoms with Crippen LogP contribution in [0, 0.1) is 25.6 Å². The topological polar surface area (TPSA) is 25.8 Å². The normalized spacial score (nSPS) is 10.0. The minimum atomic E-state index is -1.08. The van der Waals surface area contributed by atoms with E-state index in [1.807, 2.05) is 0 Å². The first-order chi connectivity index (χ1) is 4.61. The van der Waals surface area contributed by atoms with Crippen LogP contribution in [0.5, 0.6) is 0 Å². The van der Waals surface area contributed by atoms with Gasteiger partial charge in [0.05, 0.1) is 5.69 Å². The van der Waals surface area contributed by atoms with Crippen LogP contribution >= 0.6 is 0 Å². The highest BCUT2D eigenvalue weighted by Gasteiger charge is 2.07. The monoisotopic (exact) mass is 144 g/mol. The van der Waals surface area contributed by atoms with Crippen LogP contribution in [0.4, 0.5) is 8.78 Å². The average molecular weight is 144 g/mol. The van der Waals surface area contributed by atoms with Crippen LogP contribution in [0.2, 0.25) is 0 Å². The van der Waals surface area contributed by atoms with Gasteiger partial charge in [0.15, 0.2) is 5.82 Å². The Labute approximate surface area is 56.9 Å². The Morgan fingerprint density at radius 3 is 2.20 bits per heavy atom. The van der Waals surface area contributed by atoms with Crippen molar-refractivity contribution in [3.63, 3.8) is 0 Å². The van der Waals surface area contributed by atoms with Crippen LogP contribution in [-0.2, 0) is 0 Å². The summed E-state index contributed by atoms with van der Waals surface area (Å²) in [5.41, 5.74) is 0.0463. The van der Waals surface area contributed by atoms with Crippen molar-refractivity contribution in [2.24, 2.45) is 0 Å². The maximum Gasteiger partial charge on any atom is 0.252 e. The van der Waals surface area contributed by atoms with Crippen LogP contribution in [-0.4, -0.2) is 9.97 Å². The molecule has 0 aromatic carbocycles. The predicted molar refractivity (Wildman–Crippen MR) is 31.4 cm³/mol. The quantitative estimate of drug-likeness (QED) is 0.514. The summed E-state index contributed by atoms with van der Waals surface area (Å²) in [7, 11) is 0. The zero-order valence-electron chi connectivity index (χ0n) is 5.65. The van der Waals surface area contributed by atoms with Crippen molar-refractivity contribution < 1.29 is 8.78 Å². The number of halogens is 2. The molecule has 0 amide bonds.